The van der Waals surface area contributed by atoms with E-state index in [2.05, 4.69) is 33.1 Å². The van der Waals surface area contributed by atoms with Crippen LogP contribution in [0.5, 0.6) is 0 Å². The number of carbonyl (C=O) groups excluding carboxylic acids is 1. The van der Waals surface area contributed by atoms with Gasteiger partial charge in [0, 0.05) is 30.7 Å². The fourth-order valence-electron chi connectivity index (χ4n) is 2.71. The van der Waals surface area contributed by atoms with Gasteiger partial charge in [0.15, 0.2) is 0 Å². The van der Waals surface area contributed by atoms with Gasteiger partial charge in [-0.2, -0.15) is 0 Å². The van der Waals surface area contributed by atoms with Crippen LogP contribution in [0.15, 0.2) is 28.7 Å². The number of halogens is 1. The number of carbonyl (C=O) groups is 1. The van der Waals surface area contributed by atoms with Crippen molar-refractivity contribution >= 4 is 21.8 Å². The van der Waals surface area contributed by atoms with Gasteiger partial charge in [-0.1, -0.05) is 41.1 Å². The summed E-state index contributed by atoms with van der Waals surface area (Å²) < 4.78 is 1.05. The van der Waals surface area contributed by atoms with Gasteiger partial charge in [0.2, 0.25) is 5.91 Å². The minimum absolute atomic E-state index is 0.180. The maximum Gasteiger partial charge on any atom is 0.236 e. The van der Waals surface area contributed by atoms with E-state index in [4.69, 9.17) is 0 Å². The summed E-state index contributed by atoms with van der Waals surface area (Å²) in [5.74, 6) is 0.180. The molecule has 0 aliphatic carbocycles. The molecule has 0 radical (unpaired) electrons. The second-order valence-electron chi connectivity index (χ2n) is 5.55. The van der Waals surface area contributed by atoms with Crippen LogP contribution in [0.4, 0.5) is 0 Å². The topological polar surface area (TPSA) is 35.6 Å². The zero-order valence-electron chi connectivity index (χ0n) is 12.8. The van der Waals surface area contributed by atoms with E-state index in [9.17, 15) is 4.79 Å². The first-order chi connectivity index (χ1) is 10.1. The van der Waals surface area contributed by atoms with E-state index in [0.717, 1.165) is 36.1 Å². The monoisotopic (exact) mass is 353 g/mol. The van der Waals surface area contributed by atoms with Gasteiger partial charge in [-0.15, -0.1) is 0 Å². The normalized spacial score (nSPS) is 18.2. The van der Waals surface area contributed by atoms with E-state index in [1.807, 2.05) is 36.2 Å². The van der Waals surface area contributed by atoms with Crippen LogP contribution in [0.1, 0.15) is 18.9 Å². The predicted octanol–water partition coefficient (Wildman–Crippen LogP) is 2.09. The molecule has 0 saturated carbocycles. The van der Waals surface area contributed by atoms with Crippen LogP contribution in [0.25, 0.3) is 0 Å². The Labute approximate surface area is 135 Å². The molecule has 1 N–H and O–H groups in total. The maximum absolute atomic E-state index is 12.4. The zero-order valence-corrected chi connectivity index (χ0v) is 14.4. The quantitative estimate of drug-likeness (QED) is 0.850. The molecule has 1 aliphatic heterocycles. The van der Waals surface area contributed by atoms with E-state index in [1.54, 1.807) is 0 Å². The minimum atomic E-state index is 0.180. The van der Waals surface area contributed by atoms with Gasteiger partial charge in [0.1, 0.15) is 0 Å². The molecule has 1 unspecified atom stereocenters. The van der Waals surface area contributed by atoms with E-state index in [-0.39, 0.29) is 5.91 Å². The van der Waals surface area contributed by atoms with Crippen LogP contribution in [0, 0.1) is 0 Å². The smallest absolute Gasteiger partial charge is 0.236 e. The molecule has 1 saturated heterocycles. The molecule has 1 aromatic rings. The van der Waals surface area contributed by atoms with Crippen molar-refractivity contribution in [3.63, 3.8) is 0 Å². The molecule has 1 atom stereocenters. The van der Waals surface area contributed by atoms with Crippen molar-refractivity contribution in [1.82, 2.24) is 15.1 Å². The van der Waals surface area contributed by atoms with Crippen molar-refractivity contribution in [3.05, 3.63) is 34.3 Å². The fourth-order valence-corrected chi connectivity index (χ4v) is 3.13. The summed E-state index contributed by atoms with van der Waals surface area (Å²) in [5, 5.41) is 3.36. The first-order valence-corrected chi connectivity index (χ1v) is 8.33. The van der Waals surface area contributed by atoms with Crippen LogP contribution >= 0.6 is 15.9 Å². The van der Waals surface area contributed by atoms with Gasteiger partial charge in [-0.05, 0) is 31.1 Å². The molecule has 1 aromatic carbocycles. The molecule has 2 rings (SSSR count). The first-order valence-electron chi connectivity index (χ1n) is 7.54. The van der Waals surface area contributed by atoms with Gasteiger partial charge < -0.3 is 10.2 Å². The van der Waals surface area contributed by atoms with Crippen LogP contribution in [0.3, 0.4) is 0 Å². The van der Waals surface area contributed by atoms with Gasteiger partial charge in [0.25, 0.3) is 0 Å². The Kier molecular flexibility index (Phi) is 6.21. The zero-order chi connectivity index (χ0) is 15.2. The number of benzene rings is 1. The van der Waals surface area contributed by atoms with Crippen molar-refractivity contribution in [2.45, 2.75) is 25.9 Å². The third kappa shape index (κ3) is 4.53. The Morgan fingerprint density at radius 1 is 1.43 bits per heavy atom. The summed E-state index contributed by atoms with van der Waals surface area (Å²) >= 11 is 3.54. The van der Waals surface area contributed by atoms with Crippen LogP contribution < -0.4 is 5.32 Å². The van der Waals surface area contributed by atoms with Crippen LogP contribution in [-0.4, -0.2) is 55.0 Å². The van der Waals surface area contributed by atoms with Crippen molar-refractivity contribution in [2.24, 2.45) is 0 Å². The number of nitrogens with one attached hydrogen (secondary N) is 1. The molecule has 0 spiro atoms. The summed E-state index contributed by atoms with van der Waals surface area (Å²) in [6, 6.07) is 8.54. The fraction of sp³-hybridized carbons (Fsp3) is 0.562. The molecule has 21 heavy (non-hydrogen) atoms. The molecular formula is C16H24BrN3O. The van der Waals surface area contributed by atoms with Gasteiger partial charge in [-0.3, -0.25) is 9.69 Å². The highest BCUT2D eigenvalue weighted by atomic mass is 79.9. The summed E-state index contributed by atoms with van der Waals surface area (Å²) in [6.45, 7) is 6.24. The first kappa shape index (κ1) is 16.5. The Morgan fingerprint density at radius 2 is 2.19 bits per heavy atom. The number of rotatable bonds is 6. The Hall–Kier alpha value is -0.910. The third-order valence-corrected chi connectivity index (χ3v) is 4.86. The average Bonchev–Trinajstić information content (AvgIpc) is 3.00. The summed E-state index contributed by atoms with van der Waals surface area (Å²) in [5.41, 5.74) is 1.14. The van der Waals surface area contributed by atoms with Gasteiger partial charge >= 0.3 is 0 Å². The highest BCUT2D eigenvalue weighted by molar-refractivity contribution is 9.10. The van der Waals surface area contributed by atoms with Crippen molar-refractivity contribution < 1.29 is 4.79 Å². The lowest BCUT2D eigenvalue weighted by Gasteiger charge is -2.28. The molecule has 0 aromatic heterocycles. The predicted molar refractivity (Wildman–Crippen MR) is 89.1 cm³/mol. The lowest BCUT2D eigenvalue weighted by molar-refractivity contribution is -0.132. The number of hydrogen-bond acceptors (Lipinski definition) is 3. The van der Waals surface area contributed by atoms with Crippen molar-refractivity contribution in [2.75, 3.05) is 33.2 Å². The van der Waals surface area contributed by atoms with E-state index in [1.165, 1.54) is 0 Å². The SMILES string of the molecule is CCN(CC(=O)N(C)Cc1ccccc1Br)C1CCNC1. The lowest BCUT2D eigenvalue weighted by Crippen LogP contribution is -2.44. The molecule has 1 fully saturated rings. The summed E-state index contributed by atoms with van der Waals surface area (Å²) in [4.78, 5) is 16.5. The second kappa shape index (κ2) is 7.92. The number of nitrogens with zero attached hydrogens (tertiary/aromatic N) is 2. The molecule has 0 bridgehead atoms. The van der Waals surface area contributed by atoms with E-state index < -0.39 is 0 Å². The number of hydrogen-bond donors (Lipinski definition) is 1. The number of amides is 1. The highest BCUT2D eigenvalue weighted by Gasteiger charge is 2.24. The standard InChI is InChI=1S/C16H24BrN3O/c1-3-20(14-8-9-18-10-14)12-16(21)19(2)11-13-6-4-5-7-15(13)17/h4-7,14,18H,3,8-12H2,1-2H3. The maximum atomic E-state index is 12.4. The summed E-state index contributed by atoms with van der Waals surface area (Å²) in [7, 11) is 1.88. The van der Waals surface area contributed by atoms with E-state index >= 15 is 0 Å². The molecular weight excluding hydrogens is 330 g/mol. The Bertz CT molecular complexity index is 474. The van der Waals surface area contributed by atoms with Crippen LogP contribution in [0.2, 0.25) is 0 Å². The third-order valence-electron chi connectivity index (χ3n) is 4.09. The summed E-state index contributed by atoms with van der Waals surface area (Å²) in [6.07, 6.45) is 1.13. The molecule has 4 nitrogen and oxygen atoms in total. The Morgan fingerprint density at radius 3 is 2.81 bits per heavy atom. The molecule has 5 heteroatoms. The number of likely N-dealkylation sites (N-methyl/N-ethyl adjacent to an activating group) is 2. The lowest BCUT2D eigenvalue weighted by atomic mass is 10.2. The van der Waals surface area contributed by atoms with Gasteiger partial charge in [-0.25, -0.2) is 0 Å². The average molecular weight is 354 g/mol. The highest BCUT2D eigenvalue weighted by Crippen LogP contribution is 2.17. The van der Waals surface area contributed by atoms with Crippen molar-refractivity contribution in [3.8, 4) is 0 Å². The minimum Gasteiger partial charge on any atom is -0.340 e. The van der Waals surface area contributed by atoms with Crippen molar-refractivity contribution in [1.29, 1.82) is 0 Å². The second-order valence-corrected chi connectivity index (χ2v) is 6.41. The molecule has 116 valence electrons. The molecule has 1 heterocycles. The largest absolute Gasteiger partial charge is 0.340 e. The van der Waals surface area contributed by atoms with Crippen LogP contribution in [-0.2, 0) is 11.3 Å². The van der Waals surface area contributed by atoms with E-state index in [0.29, 0.717) is 19.1 Å². The van der Waals surface area contributed by atoms with Gasteiger partial charge in [0.05, 0.1) is 6.54 Å². The Balaban J connectivity index is 1.91. The molecule has 1 aliphatic rings. The molecule has 1 amide bonds.